The molecule has 1 heterocycles. The maximum absolute atomic E-state index is 13.3. The van der Waals surface area contributed by atoms with Gasteiger partial charge in [-0.3, -0.25) is 4.79 Å². The zero-order valence-corrected chi connectivity index (χ0v) is 16.2. The summed E-state index contributed by atoms with van der Waals surface area (Å²) in [7, 11) is 0. The molecule has 1 aliphatic heterocycles. The largest absolute Gasteiger partial charge is 0.489 e. The van der Waals surface area contributed by atoms with Gasteiger partial charge in [0, 0.05) is 5.69 Å². The number of ether oxygens (including phenoxy) is 1. The number of amides is 1. The quantitative estimate of drug-likeness (QED) is 0.589. The molecule has 154 valence electrons. The van der Waals surface area contributed by atoms with Crippen molar-refractivity contribution in [3.8, 4) is 5.75 Å². The summed E-state index contributed by atoms with van der Waals surface area (Å²) >= 11 is 0. The number of anilines is 1. The van der Waals surface area contributed by atoms with Crippen molar-refractivity contribution in [3.05, 3.63) is 95.8 Å². The highest BCUT2D eigenvalue weighted by Crippen LogP contribution is 2.45. The summed E-state index contributed by atoms with van der Waals surface area (Å²) in [5, 5.41) is 19.5. The Morgan fingerprint density at radius 3 is 2.27 bits per heavy atom. The van der Waals surface area contributed by atoms with Crippen molar-refractivity contribution >= 4 is 11.6 Å². The van der Waals surface area contributed by atoms with E-state index in [9.17, 15) is 19.4 Å². The molecule has 4 rings (SSSR count). The maximum Gasteiger partial charge on any atom is 0.235 e. The van der Waals surface area contributed by atoms with E-state index in [1.54, 1.807) is 0 Å². The van der Waals surface area contributed by atoms with Gasteiger partial charge < -0.3 is 19.8 Å². The SMILES string of the molecule is O=C1[C@H](C(O)CO)[C@@H](c2ccc(OCc3ccccc3)cc2)N1c1ccc(F)cc1. The van der Waals surface area contributed by atoms with E-state index >= 15 is 0 Å². The Labute approximate surface area is 174 Å². The molecule has 3 aromatic rings. The Morgan fingerprint density at radius 1 is 0.967 bits per heavy atom. The lowest BCUT2D eigenvalue weighted by Crippen LogP contribution is -2.60. The van der Waals surface area contributed by atoms with E-state index in [-0.39, 0.29) is 5.91 Å². The molecule has 0 bridgehead atoms. The normalized spacial score (nSPS) is 19.3. The van der Waals surface area contributed by atoms with Crippen LogP contribution in [0.25, 0.3) is 0 Å². The number of halogens is 1. The molecule has 30 heavy (non-hydrogen) atoms. The van der Waals surface area contributed by atoms with Gasteiger partial charge in [-0.25, -0.2) is 4.39 Å². The van der Waals surface area contributed by atoms with Crippen LogP contribution in [0.2, 0.25) is 0 Å². The van der Waals surface area contributed by atoms with Gasteiger partial charge in [-0.05, 0) is 47.5 Å². The van der Waals surface area contributed by atoms with Crippen molar-refractivity contribution in [2.45, 2.75) is 18.8 Å². The molecule has 0 aliphatic carbocycles. The Balaban J connectivity index is 1.55. The first-order chi connectivity index (χ1) is 14.6. The molecular formula is C24H22FNO4. The predicted octanol–water partition coefficient (Wildman–Crippen LogP) is 3.46. The van der Waals surface area contributed by atoms with Crippen LogP contribution in [0.15, 0.2) is 78.9 Å². The molecule has 1 saturated heterocycles. The Kier molecular flexibility index (Phi) is 5.79. The topological polar surface area (TPSA) is 70.0 Å². The second kappa shape index (κ2) is 8.65. The lowest BCUT2D eigenvalue weighted by molar-refractivity contribution is -0.137. The smallest absolute Gasteiger partial charge is 0.235 e. The van der Waals surface area contributed by atoms with Crippen LogP contribution in [-0.2, 0) is 11.4 Å². The number of benzene rings is 3. The standard InChI is InChI=1S/C24H22FNO4/c25-18-8-10-19(11-9-18)26-23(22(24(26)29)21(28)14-27)17-6-12-20(13-7-17)30-15-16-4-2-1-3-5-16/h1-13,21-23,27-28H,14-15H2/t21?,22-,23-/m1/s1. The van der Waals surface area contributed by atoms with Crippen LogP contribution in [0.3, 0.4) is 0 Å². The molecule has 0 radical (unpaired) electrons. The Morgan fingerprint density at radius 2 is 1.63 bits per heavy atom. The number of aliphatic hydroxyl groups is 2. The van der Waals surface area contributed by atoms with Gasteiger partial charge in [0.2, 0.25) is 5.91 Å². The number of nitrogens with zero attached hydrogens (tertiary/aromatic N) is 1. The van der Waals surface area contributed by atoms with Gasteiger partial charge >= 0.3 is 0 Å². The minimum absolute atomic E-state index is 0.308. The second-order valence-corrected chi connectivity index (χ2v) is 7.25. The van der Waals surface area contributed by atoms with Crippen LogP contribution in [0.4, 0.5) is 10.1 Å². The van der Waals surface area contributed by atoms with Crippen LogP contribution >= 0.6 is 0 Å². The molecule has 5 nitrogen and oxygen atoms in total. The number of hydrogen-bond donors (Lipinski definition) is 2. The van der Waals surface area contributed by atoms with Crippen LogP contribution in [0.5, 0.6) is 5.75 Å². The third kappa shape index (κ3) is 3.92. The number of rotatable bonds is 7. The van der Waals surface area contributed by atoms with Crippen LogP contribution in [0, 0.1) is 11.7 Å². The van der Waals surface area contributed by atoms with E-state index in [4.69, 9.17) is 4.74 Å². The van der Waals surface area contributed by atoms with Crippen LogP contribution in [0.1, 0.15) is 17.2 Å². The molecule has 3 aromatic carbocycles. The molecule has 1 fully saturated rings. The average Bonchev–Trinajstić information content (AvgIpc) is 2.78. The molecule has 1 unspecified atom stereocenters. The van der Waals surface area contributed by atoms with Crippen molar-refractivity contribution in [2.24, 2.45) is 5.92 Å². The summed E-state index contributed by atoms with van der Waals surface area (Å²) in [6, 6.07) is 22.3. The highest BCUT2D eigenvalue weighted by atomic mass is 19.1. The zero-order valence-electron chi connectivity index (χ0n) is 16.2. The molecule has 1 amide bonds. The monoisotopic (exact) mass is 407 g/mol. The first-order valence-corrected chi connectivity index (χ1v) is 9.72. The van der Waals surface area contributed by atoms with Gasteiger partial charge in [0.15, 0.2) is 0 Å². The molecule has 0 saturated carbocycles. The second-order valence-electron chi connectivity index (χ2n) is 7.25. The molecule has 0 aromatic heterocycles. The molecule has 3 atom stereocenters. The summed E-state index contributed by atoms with van der Waals surface area (Å²) < 4.78 is 19.1. The first-order valence-electron chi connectivity index (χ1n) is 9.72. The van der Waals surface area contributed by atoms with Gasteiger partial charge in [-0.15, -0.1) is 0 Å². The predicted molar refractivity (Wildman–Crippen MR) is 110 cm³/mol. The van der Waals surface area contributed by atoms with E-state index in [0.29, 0.717) is 18.0 Å². The highest BCUT2D eigenvalue weighted by molar-refractivity contribution is 6.03. The summed E-state index contributed by atoms with van der Waals surface area (Å²) in [6.07, 6.45) is -1.17. The molecule has 0 spiro atoms. The van der Waals surface area contributed by atoms with Crippen molar-refractivity contribution in [1.29, 1.82) is 0 Å². The fourth-order valence-electron chi connectivity index (χ4n) is 3.75. The summed E-state index contributed by atoms with van der Waals surface area (Å²) in [4.78, 5) is 14.2. The molecule has 1 aliphatic rings. The van der Waals surface area contributed by atoms with E-state index in [0.717, 1.165) is 11.1 Å². The fraction of sp³-hybridized carbons (Fsp3) is 0.208. The van der Waals surface area contributed by atoms with Gasteiger partial charge in [-0.2, -0.15) is 0 Å². The Hall–Kier alpha value is -3.22. The summed E-state index contributed by atoms with van der Waals surface area (Å²) in [6.45, 7) is -0.0713. The lowest BCUT2D eigenvalue weighted by atomic mass is 9.78. The number of carbonyl (C=O) groups excluding carboxylic acids is 1. The van der Waals surface area contributed by atoms with E-state index in [2.05, 4.69) is 0 Å². The summed E-state index contributed by atoms with van der Waals surface area (Å²) in [5.41, 5.74) is 2.39. The number of hydrogen-bond acceptors (Lipinski definition) is 4. The van der Waals surface area contributed by atoms with Gasteiger partial charge in [-0.1, -0.05) is 42.5 Å². The van der Waals surface area contributed by atoms with Gasteiger partial charge in [0.25, 0.3) is 0 Å². The van der Waals surface area contributed by atoms with Crippen molar-refractivity contribution < 1.29 is 24.1 Å². The van der Waals surface area contributed by atoms with Crippen molar-refractivity contribution in [1.82, 2.24) is 0 Å². The molecule has 6 heteroatoms. The number of carbonyl (C=O) groups is 1. The van der Waals surface area contributed by atoms with Crippen LogP contribution in [-0.4, -0.2) is 28.8 Å². The number of β-lactam (4-membered cyclic amide) rings is 1. The van der Waals surface area contributed by atoms with E-state index in [1.807, 2.05) is 54.6 Å². The zero-order chi connectivity index (χ0) is 21.1. The van der Waals surface area contributed by atoms with E-state index in [1.165, 1.54) is 29.2 Å². The fourth-order valence-corrected chi connectivity index (χ4v) is 3.75. The minimum Gasteiger partial charge on any atom is -0.489 e. The Bertz CT molecular complexity index is 992. The first kappa shape index (κ1) is 20.1. The molecule has 2 N–H and O–H groups in total. The maximum atomic E-state index is 13.3. The minimum atomic E-state index is -1.17. The lowest BCUT2D eigenvalue weighted by Gasteiger charge is -2.49. The van der Waals surface area contributed by atoms with Crippen molar-refractivity contribution in [2.75, 3.05) is 11.5 Å². The summed E-state index contributed by atoms with van der Waals surface area (Å²) in [5.74, 6) is -0.787. The molecular weight excluding hydrogens is 385 g/mol. The third-order valence-electron chi connectivity index (χ3n) is 5.32. The number of aliphatic hydroxyl groups excluding tert-OH is 2. The third-order valence-corrected chi connectivity index (χ3v) is 5.32. The van der Waals surface area contributed by atoms with Crippen molar-refractivity contribution in [3.63, 3.8) is 0 Å². The van der Waals surface area contributed by atoms with Crippen LogP contribution < -0.4 is 9.64 Å². The van der Waals surface area contributed by atoms with Gasteiger partial charge in [0.05, 0.1) is 24.7 Å². The average molecular weight is 407 g/mol. The van der Waals surface area contributed by atoms with E-state index < -0.39 is 30.5 Å². The highest BCUT2D eigenvalue weighted by Gasteiger charge is 2.52. The van der Waals surface area contributed by atoms with Gasteiger partial charge in [0.1, 0.15) is 18.2 Å².